The van der Waals surface area contributed by atoms with Crippen molar-refractivity contribution in [1.82, 2.24) is 4.90 Å². The number of methoxy groups -OCH3 is 1. The number of halogens is 1. The van der Waals surface area contributed by atoms with Crippen molar-refractivity contribution in [3.8, 4) is 0 Å². The second kappa shape index (κ2) is 19.8. The first-order valence-electron chi connectivity index (χ1n) is 19.4. The van der Waals surface area contributed by atoms with Crippen LogP contribution in [-0.4, -0.2) is 125 Å². The first-order valence-corrected chi connectivity index (χ1v) is 19.8. The summed E-state index contributed by atoms with van der Waals surface area (Å²) in [6.07, 6.45) is -6.24. The van der Waals surface area contributed by atoms with Gasteiger partial charge in [-0.3, -0.25) is 9.59 Å². The lowest BCUT2D eigenvalue weighted by Crippen LogP contribution is -2.60. The van der Waals surface area contributed by atoms with Gasteiger partial charge in [-0.25, -0.2) is 0 Å². The van der Waals surface area contributed by atoms with Crippen LogP contribution in [-0.2, 0) is 39.7 Å². The third kappa shape index (κ3) is 11.6. The number of rotatable bonds is 9. The Morgan fingerprint density at radius 2 is 1.67 bits per heavy atom. The summed E-state index contributed by atoms with van der Waals surface area (Å²) < 4.78 is 31.7. The van der Waals surface area contributed by atoms with Gasteiger partial charge in [-0.15, -0.1) is 0 Å². The maximum atomic E-state index is 14.2. The summed E-state index contributed by atoms with van der Waals surface area (Å²) >= 11 is 6.09. The fraction of sp³-hybridized carbons (Fsp3) is 0.756. The summed E-state index contributed by atoms with van der Waals surface area (Å²) in [6, 6.07) is 6.52. The van der Waals surface area contributed by atoms with Gasteiger partial charge in [-0.05, 0) is 98.5 Å². The molecule has 0 aliphatic carbocycles. The van der Waals surface area contributed by atoms with Crippen LogP contribution in [0.3, 0.4) is 0 Å². The Kier molecular flexibility index (Phi) is 16.9. The number of carbonyl (C=O) groups is 2. The Bertz CT molecular complexity index is 1480. The van der Waals surface area contributed by atoms with Crippen molar-refractivity contribution in [3.05, 3.63) is 34.9 Å². The second-order valence-electron chi connectivity index (χ2n) is 16.5. The standard InChI is InChI=1S/C41H66ClN3O10/c1-14-31-41(10,50)36(48)25(6)33(44-43-22(2)3)23(4)21-40(9,51-13)37(55-39-34(47)30(45(11)12)19-24(5)52-39)26(7)35(27(8)38(49)53-31)54-32(46)20-28-15-17-29(42)18-16-28/h15-18,23-27,30-31,34-37,39,47-48,50H,14,19-21H2,1-13H3. The molecule has 1 aromatic rings. The van der Waals surface area contributed by atoms with E-state index in [0.29, 0.717) is 28.4 Å². The highest BCUT2D eigenvalue weighted by molar-refractivity contribution is 6.30. The lowest BCUT2D eigenvalue weighted by molar-refractivity contribution is -0.301. The predicted molar refractivity (Wildman–Crippen MR) is 212 cm³/mol. The molecule has 0 radical (unpaired) electrons. The van der Waals surface area contributed by atoms with E-state index < -0.39 is 83.6 Å². The fourth-order valence-electron chi connectivity index (χ4n) is 8.10. The number of benzene rings is 1. The lowest BCUT2D eigenvalue weighted by Gasteiger charge is -2.48. The van der Waals surface area contributed by atoms with Gasteiger partial charge in [-0.1, -0.05) is 51.4 Å². The van der Waals surface area contributed by atoms with Crippen molar-refractivity contribution in [1.29, 1.82) is 0 Å². The molecule has 14 heteroatoms. The van der Waals surface area contributed by atoms with Gasteiger partial charge in [0.1, 0.15) is 23.9 Å². The van der Waals surface area contributed by atoms with Crippen LogP contribution in [0.15, 0.2) is 34.5 Å². The molecular weight excluding hydrogens is 730 g/mol. The number of cyclic esters (lactones) is 1. The highest BCUT2D eigenvalue weighted by Crippen LogP contribution is 2.40. The zero-order chi connectivity index (χ0) is 41.6. The smallest absolute Gasteiger partial charge is 0.312 e. The molecule has 14 atom stereocenters. The van der Waals surface area contributed by atoms with E-state index in [1.165, 1.54) is 6.92 Å². The van der Waals surface area contributed by atoms with E-state index in [4.69, 9.17) is 35.3 Å². The molecule has 2 aliphatic rings. The van der Waals surface area contributed by atoms with E-state index in [1.807, 2.05) is 46.7 Å². The number of carbonyl (C=O) groups excluding carboxylic acids is 2. The normalized spacial score (nSPS) is 38.9. The van der Waals surface area contributed by atoms with Crippen molar-refractivity contribution in [2.24, 2.45) is 33.9 Å². The van der Waals surface area contributed by atoms with Gasteiger partial charge in [0.2, 0.25) is 0 Å². The summed E-state index contributed by atoms with van der Waals surface area (Å²) in [5.74, 6) is -4.38. The highest BCUT2D eigenvalue weighted by atomic mass is 35.5. The number of hydrogen-bond donors (Lipinski definition) is 3. The van der Waals surface area contributed by atoms with E-state index >= 15 is 0 Å². The second-order valence-corrected chi connectivity index (χ2v) is 17.0. The molecule has 55 heavy (non-hydrogen) atoms. The molecule has 0 saturated carbocycles. The quantitative estimate of drug-likeness (QED) is 0.170. The molecule has 0 aromatic heterocycles. The Balaban J connectivity index is 2.27. The molecule has 3 rings (SSSR count). The Hall–Kier alpha value is -2.49. The minimum atomic E-state index is -1.91. The molecule has 3 N–H and O–H groups in total. The van der Waals surface area contributed by atoms with Crippen molar-refractivity contribution in [2.45, 2.75) is 155 Å². The van der Waals surface area contributed by atoms with Crippen molar-refractivity contribution in [3.63, 3.8) is 0 Å². The molecule has 2 aliphatic heterocycles. The minimum Gasteiger partial charge on any atom is -0.461 e. The predicted octanol–water partition coefficient (Wildman–Crippen LogP) is 5.23. The Morgan fingerprint density at radius 1 is 1.05 bits per heavy atom. The molecular formula is C41H66ClN3O10. The summed E-state index contributed by atoms with van der Waals surface area (Å²) in [5.41, 5.74) is -1.30. The summed E-state index contributed by atoms with van der Waals surface area (Å²) in [7, 11) is 5.31. The average molecular weight is 796 g/mol. The molecule has 1 aromatic carbocycles. The van der Waals surface area contributed by atoms with Crippen LogP contribution >= 0.6 is 11.6 Å². The largest absolute Gasteiger partial charge is 0.461 e. The molecule has 312 valence electrons. The van der Waals surface area contributed by atoms with Crippen LogP contribution < -0.4 is 0 Å². The Labute approximate surface area is 332 Å². The number of hydrogen-bond acceptors (Lipinski definition) is 13. The van der Waals surface area contributed by atoms with E-state index in [9.17, 15) is 24.9 Å². The van der Waals surface area contributed by atoms with Gasteiger partial charge in [0.25, 0.3) is 0 Å². The van der Waals surface area contributed by atoms with Gasteiger partial charge in [0.05, 0.1) is 36.3 Å². The maximum Gasteiger partial charge on any atom is 0.312 e. The number of nitrogens with zero attached hydrogens (tertiary/aromatic N) is 3. The van der Waals surface area contributed by atoms with Gasteiger partial charge >= 0.3 is 11.9 Å². The van der Waals surface area contributed by atoms with E-state index in [1.54, 1.807) is 66.0 Å². The zero-order valence-electron chi connectivity index (χ0n) is 35.0. The third-order valence-electron chi connectivity index (χ3n) is 11.4. The highest BCUT2D eigenvalue weighted by Gasteiger charge is 2.52. The molecule has 13 nitrogen and oxygen atoms in total. The molecule has 2 fully saturated rings. The first-order chi connectivity index (χ1) is 25.6. The molecule has 2 heterocycles. The number of aliphatic hydroxyl groups is 3. The number of aliphatic hydroxyl groups excluding tert-OH is 2. The van der Waals surface area contributed by atoms with Crippen LogP contribution in [0.5, 0.6) is 0 Å². The monoisotopic (exact) mass is 795 g/mol. The van der Waals surface area contributed by atoms with Gasteiger partial charge in [0, 0.05) is 41.4 Å². The zero-order valence-corrected chi connectivity index (χ0v) is 35.7. The van der Waals surface area contributed by atoms with Gasteiger partial charge < -0.3 is 43.9 Å². The minimum absolute atomic E-state index is 0.105. The van der Waals surface area contributed by atoms with Gasteiger partial charge in [0.15, 0.2) is 6.29 Å². The van der Waals surface area contributed by atoms with Crippen LogP contribution in [0, 0.1) is 23.7 Å². The number of likely N-dealkylation sites (N-methyl/N-ethyl adjacent to an activating group) is 1. The van der Waals surface area contributed by atoms with E-state index in [2.05, 4.69) is 10.2 Å². The Morgan fingerprint density at radius 3 is 2.22 bits per heavy atom. The van der Waals surface area contributed by atoms with Crippen molar-refractivity contribution >= 4 is 35.0 Å². The fourth-order valence-corrected chi connectivity index (χ4v) is 8.23. The summed E-state index contributed by atoms with van der Waals surface area (Å²) in [4.78, 5) is 29.9. The van der Waals surface area contributed by atoms with E-state index in [0.717, 1.165) is 0 Å². The number of esters is 2. The van der Waals surface area contributed by atoms with Crippen LogP contribution in [0.2, 0.25) is 5.02 Å². The average Bonchev–Trinajstić information content (AvgIpc) is 3.11. The molecule has 2 saturated heterocycles. The van der Waals surface area contributed by atoms with E-state index in [-0.39, 0.29) is 31.4 Å². The van der Waals surface area contributed by atoms with Crippen LogP contribution in [0.25, 0.3) is 0 Å². The SMILES string of the molecule is CCC1OC(=O)C(C)C(OC(=O)Cc2ccc(Cl)cc2)C(C)C(OC2OC(C)CC(N(C)C)C2O)C(C)(OC)CC(C)C(=NN=C(C)C)C(C)C(O)C1(C)O. The number of ether oxygens (including phenoxy) is 5. The van der Waals surface area contributed by atoms with Crippen LogP contribution in [0.1, 0.15) is 94.1 Å². The van der Waals surface area contributed by atoms with Gasteiger partial charge in [-0.2, -0.15) is 10.2 Å². The first kappa shape index (κ1) is 46.9. The summed E-state index contributed by atoms with van der Waals surface area (Å²) in [6.45, 7) is 17.7. The molecule has 0 spiro atoms. The molecule has 0 bridgehead atoms. The van der Waals surface area contributed by atoms with Crippen molar-refractivity contribution in [2.75, 3.05) is 21.2 Å². The molecule has 14 unspecified atom stereocenters. The van der Waals surface area contributed by atoms with Crippen LogP contribution in [0.4, 0.5) is 0 Å². The summed E-state index contributed by atoms with van der Waals surface area (Å²) in [5, 5.41) is 44.8. The maximum absolute atomic E-state index is 14.2. The molecule has 0 amide bonds. The third-order valence-corrected chi connectivity index (χ3v) is 11.7. The lowest BCUT2D eigenvalue weighted by atomic mass is 9.73. The van der Waals surface area contributed by atoms with Crippen molar-refractivity contribution < 1.29 is 48.6 Å². The topological polar surface area (TPSA) is 169 Å².